The molecule has 2 N–H and O–H groups in total. The van der Waals surface area contributed by atoms with E-state index in [0.29, 0.717) is 5.70 Å². The Morgan fingerprint density at radius 1 is 1.33 bits per heavy atom. The van der Waals surface area contributed by atoms with Crippen LogP contribution < -0.4 is 5.73 Å². The lowest BCUT2D eigenvalue weighted by Gasteiger charge is -2.01. The van der Waals surface area contributed by atoms with Crippen molar-refractivity contribution in [1.29, 1.82) is 0 Å². The number of hydrogen-bond donors (Lipinski definition) is 1. The van der Waals surface area contributed by atoms with E-state index in [9.17, 15) is 0 Å². The van der Waals surface area contributed by atoms with E-state index in [1.54, 1.807) is 0 Å². The van der Waals surface area contributed by atoms with Crippen LogP contribution in [0.25, 0.3) is 0 Å². The SMILES string of the molecule is C=C(N)/C=C(/CC)C(=C)C.CC. The second kappa shape index (κ2) is 8.12. The highest BCUT2D eigenvalue weighted by Gasteiger charge is 1.92. The van der Waals surface area contributed by atoms with Gasteiger partial charge in [0.1, 0.15) is 0 Å². The van der Waals surface area contributed by atoms with Gasteiger partial charge in [-0.3, -0.25) is 0 Å². The molecular formula is C11H21N. The van der Waals surface area contributed by atoms with Gasteiger partial charge in [-0.15, -0.1) is 0 Å². The van der Waals surface area contributed by atoms with Crippen molar-refractivity contribution in [3.05, 3.63) is 36.1 Å². The van der Waals surface area contributed by atoms with Crippen LogP contribution in [0.2, 0.25) is 0 Å². The maximum atomic E-state index is 5.39. The molecule has 0 bridgehead atoms. The number of hydrogen-bond acceptors (Lipinski definition) is 1. The first-order valence-corrected chi connectivity index (χ1v) is 4.38. The van der Waals surface area contributed by atoms with Crippen LogP contribution in [0.3, 0.4) is 0 Å². The lowest BCUT2D eigenvalue weighted by Crippen LogP contribution is -1.92. The molecule has 0 rings (SSSR count). The molecule has 0 fully saturated rings. The van der Waals surface area contributed by atoms with Gasteiger partial charge in [-0.05, 0) is 25.0 Å². The molecule has 0 saturated heterocycles. The summed E-state index contributed by atoms with van der Waals surface area (Å²) in [5.74, 6) is 0. The van der Waals surface area contributed by atoms with Crippen molar-refractivity contribution in [2.24, 2.45) is 5.73 Å². The molecule has 12 heavy (non-hydrogen) atoms. The molecule has 0 atom stereocenters. The number of nitrogens with two attached hydrogens (primary N) is 1. The lowest BCUT2D eigenvalue weighted by atomic mass is 10.1. The fraction of sp³-hybridized carbons (Fsp3) is 0.455. The molecule has 0 aromatic rings. The van der Waals surface area contributed by atoms with E-state index in [4.69, 9.17) is 5.73 Å². The van der Waals surface area contributed by atoms with Gasteiger partial charge in [0.2, 0.25) is 0 Å². The standard InChI is InChI=1S/C9H15N.C2H6/c1-5-9(7(2)3)6-8(4)10;1-2/h6H,2,4-5,10H2,1,3H3;1-2H3/b9-6-;. The Morgan fingerprint density at radius 3 is 1.83 bits per heavy atom. The van der Waals surface area contributed by atoms with Crippen LogP contribution in [0, 0.1) is 0 Å². The fourth-order valence-electron chi connectivity index (χ4n) is 0.751. The first-order valence-electron chi connectivity index (χ1n) is 4.38. The monoisotopic (exact) mass is 167 g/mol. The molecule has 0 spiro atoms. The van der Waals surface area contributed by atoms with Crippen molar-refractivity contribution in [3.63, 3.8) is 0 Å². The van der Waals surface area contributed by atoms with E-state index < -0.39 is 0 Å². The average molecular weight is 167 g/mol. The Bertz CT molecular complexity index is 175. The summed E-state index contributed by atoms with van der Waals surface area (Å²) in [6.07, 6.45) is 2.83. The smallest absolute Gasteiger partial charge is 0.0243 e. The lowest BCUT2D eigenvalue weighted by molar-refractivity contribution is 1.10. The van der Waals surface area contributed by atoms with Crippen LogP contribution >= 0.6 is 0 Å². The molecule has 0 radical (unpaired) electrons. The van der Waals surface area contributed by atoms with Gasteiger partial charge in [0, 0.05) is 5.70 Å². The van der Waals surface area contributed by atoms with Crippen LogP contribution in [0.4, 0.5) is 0 Å². The van der Waals surface area contributed by atoms with E-state index in [1.165, 1.54) is 5.57 Å². The van der Waals surface area contributed by atoms with Crippen molar-refractivity contribution in [2.75, 3.05) is 0 Å². The number of allylic oxidation sites excluding steroid dienone is 3. The molecule has 0 heterocycles. The van der Waals surface area contributed by atoms with Crippen LogP contribution in [-0.2, 0) is 0 Å². The summed E-state index contributed by atoms with van der Waals surface area (Å²) in [6, 6.07) is 0. The Labute approximate surface area is 76.7 Å². The third-order valence-corrected chi connectivity index (χ3v) is 1.29. The van der Waals surface area contributed by atoms with Crippen molar-refractivity contribution in [1.82, 2.24) is 0 Å². The molecule has 0 aliphatic carbocycles. The van der Waals surface area contributed by atoms with Crippen molar-refractivity contribution >= 4 is 0 Å². The Kier molecular flexibility index (Phi) is 9.20. The molecule has 0 unspecified atom stereocenters. The van der Waals surface area contributed by atoms with Crippen LogP contribution in [-0.4, -0.2) is 0 Å². The van der Waals surface area contributed by atoms with Gasteiger partial charge in [0.25, 0.3) is 0 Å². The fourth-order valence-corrected chi connectivity index (χ4v) is 0.751. The molecule has 0 saturated carbocycles. The Hall–Kier alpha value is -0.980. The summed E-state index contributed by atoms with van der Waals surface area (Å²) >= 11 is 0. The summed E-state index contributed by atoms with van der Waals surface area (Å²) in [5.41, 5.74) is 8.23. The third kappa shape index (κ3) is 7.13. The van der Waals surface area contributed by atoms with E-state index >= 15 is 0 Å². The maximum absolute atomic E-state index is 5.39. The highest BCUT2D eigenvalue weighted by atomic mass is 14.5. The molecule has 0 aliphatic heterocycles. The molecule has 0 aromatic heterocycles. The van der Waals surface area contributed by atoms with Gasteiger partial charge in [-0.1, -0.05) is 39.5 Å². The second-order valence-corrected chi connectivity index (χ2v) is 2.38. The molecule has 1 nitrogen and oxygen atoms in total. The molecule has 1 heteroatoms. The van der Waals surface area contributed by atoms with Crippen LogP contribution in [0.1, 0.15) is 34.1 Å². The highest BCUT2D eigenvalue weighted by molar-refractivity contribution is 5.31. The third-order valence-electron chi connectivity index (χ3n) is 1.29. The zero-order chi connectivity index (χ0) is 10.1. The molecule has 0 amide bonds. The van der Waals surface area contributed by atoms with E-state index in [2.05, 4.69) is 20.1 Å². The highest BCUT2D eigenvalue weighted by Crippen LogP contribution is 2.11. The second-order valence-electron chi connectivity index (χ2n) is 2.38. The van der Waals surface area contributed by atoms with Gasteiger partial charge in [-0.25, -0.2) is 0 Å². The van der Waals surface area contributed by atoms with Crippen LogP contribution in [0.15, 0.2) is 36.1 Å². The van der Waals surface area contributed by atoms with Crippen LogP contribution in [0.5, 0.6) is 0 Å². The number of rotatable bonds is 3. The van der Waals surface area contributed by atoms with Gasteiger partial charge in [0.15, 0.2) is 0 Å². The Morgan fingerprint density at radius 2 is 1.75 bits per heavy atom. The quantitative estimate of drug-likeness (QED) is 0.640. The predicted molar refractivity (Wildman–Crippen MR) is 57.9 cm³/mol. The normalized spacial score (nSPS) is 9.83. The predicted octanol–water partition coefficient (Wildman–Crippen LogP) is 3.40. The van der Waals surface area contributed by atoms with Crippen molar-refractivity contribution in [2.45, 2.75) is 34.1 Å². The summed E-state index contributed by atoms with van der Waals surface area (Å²) in [6.45, 7) is 15.4. The molecule has 0 aromatic carbocycles. The summed E-state index contributed by atoms with van der Waals surface area (Å²) in [5, 5.41) is 0. The topological polar surface area (TPSA) is 26.0 Å². The maximum Gasteiger partial charge on any atom is 0.0243 e. The first-order chi connectivity index (χ1) is 5.57. The van der Waals surface area contributed by atoms with Gasteiger partial charge in [-0.2, -0.15) is 0 Å². The summed E-state index contributed by atoms with van der Waals surface area (Å²) in [4.78, 5) is 0. The largest absolute Gasteiger partial charge is 0.399 e. The molecule has 70 valence electrons. The summed E-state index contributed by atoms with van der Waals surface area (Å²) in [7, 11) is 0. The zero-order valence-corrected chi connectivity index (χ0v) is 8.78. The minimum atomic E-state index is 0.597. The van der Waals surface area contributed by atoms with Gasteiger partial charge >= 0.3 is 0 Å². The van der Waals surface area contributed by atoms with Crippen molar-refractivity contribution < 1.29 is 0 Å². The van der Waals surface area contributed by atoms with Crippen molar-refractivity contribution in [3.8, 4) is 0 Å². The summed E-state index contributed by atoms with van der Waals surface area (Å²) < 4.78 is 0. The molecular weight excluding hydrogens is 146 g/mol. The van der Waals surface area contributed by atoms with Gasteiger partial charge < -0.3 is 5.73 Å². The average Bonchev–Trinajstić information content (AvgIpc) is 2.03. The van der Waals surface area contributed by atoms with E-state index in [-0.39, 0.29) is 0 Å². The minimum Gasteiger partial charge on any atom is -0.399 e. The van der Waals surface area contributed by atoms with Gasteiger partial charge in [0.05, 0.1) is 0 Å². The van der Waals surface area contributed by atoms with E-state index in [0.717, 1.165) is 12.0 Å². The Balaban J connectivity index is 0. The molecule has 0 aliphatic rings. The zero-order valence-electron chi connectivity index (χ0n) is 8.78. The van der Waals surface area contributed by atoms with E-state index in [1.807, 2.05) is 26.8 Å². The first kappa shape index (κ1) is 13.6. The minimum absolute atomic E-state index is 0.597.